The number of piperidine rings is 1. The molecule has 1 saturated heterocycles. The number of nitrogens with zero attached hydrogens (tertiary/aromatic N) is 3. The van der Waals surface area contributed by atoms with Crippen LogP contribution in [0.15, 0.2) is 36.9 Å². The van der Waals surface area contributed by atoms with Crippen LogP contribution in [0.1, 0.15) is 46.4 Å². The maximum Gasteiger partial charge on any atom is 0.340 e. The Kier molecular flexibility index (Phi) is 6.95. The van der Waals surface area contributed by atoms with Gasteiger partial charge in [-0.25, -0.2) is 14.8 Å². The molecule has 3 N–H and O–H groups in total. The van der Waals surface area contributed by atoms with Crippen LogP contribution in [0.3, 0.4) is 0 Å². The van der Waals surface area contributed by atoms with Crippen LogP contribution in [0.4, 0.5) is 11.4 Å². The molecule has 2 fully saturated rings. The molecule has 0 radical (unpaired) electrons. The molecule has 4 rings (SSSR count). The molecular formula is C24H30N6O4. The fourth-order valence-electron chi connectivity index (χ4n) is 4.37. The summed E-state index contributed by atoms with van der Waals surface area (Å²) in [6.07, 6.45) is 7.21. The summed E-state index contributed by atoms with van der Waals surface area (Å²) in [6.45, 7) is 2.08. The fraction of sp³-hybridized carbons (Fsp3) is 0.458. The van der Waals surface area contributed by atoms with E-state index >= 15 is 0 Å². The van der Waals surface area contributed by atoms with Gasteiger partial charge in [0.2, 0.25) is 5.91 Å². The molecule has 0 atom stereocenters. The number of carbonyl (C=O) groups excluding carboxylic acids is 3. The number of ether oxygens (including phenoxy) is 1. The number of carbonyl (C=O) groups is 3. The minimum absolute atomic E-state index is 0.145. The SMILES string of the molecule is CNc1cccc(C(=O)OC)c1N1CCC(CNC(=O)C2(NC(=O)c3cncnc3)CC2)CC1. The van der Waals surface area contributed by atoms with Gasteiger partial charge in [-0.15, -0.1) is 0 Å². The van der Waals surface area contributed by atoms with E-state index in [4.69, 9.17) is 4.74 Å². The van der Waals surface area contributed by atoms with Crippen molar-refractivity contribution in [3.8, 4) is 0 Å². The summed E-state index contributed by atoms with van der Waals surface area (Å²) in [6, 6.07) is 5.56. The summed E-state index contributed by atoms with van der Waals surface area (Å²) < 4.78 is 4.97. The molecule has 2 aromatic rings. The summed E-state index contributed by atoms with van der Waals surface area (Å²) in [4.78, 5) is 47.4. The maximum absolute atomic E-state index is 12.8. The third kappa shape index (κ3) is 4.95. The minimum atomic E-state index is -0.839. The van der Waals surface area contributed by atoms with Gasteiger partial charge in [0, 0.05) is 39.1 Å². The van der Waals surface area contributed by atoms with Crippen molar-refractivity contribution in [2.75, 3.05) is 44.0 Å². The lowest BCUT2D eigenvalue weighted by Crippen LogP contribution is -2.50. The van der Waals surface area contributed by atoms with Crippen LogP contribution in [0, 0.1) is 5.92 Å². The summed E-state index contributed by atoms with van der Waals surface area (Å²) in [5, 5.41) is 9.05. The predicted octanol–water partition coefficient (Wildman–Crippen LogP) is 1.60. The first kappa shape index (κ1) is 23.5. The van der Waals surface area contributed by atoms with Gasteiger partial charge in [0.25, 0.3) is 5.91 Å². The lowest BCUT2D eigenvalue weighted by molar-refractivity contribution is -0.124. The molecule has 2 amide bonds. The summed E-state index contributed by atoms with van der Waals surface area (Å²) in [5.74, 6) is -0.530. The lowest BCUT2D eigenvalue weighted by Gasteiger charge is -2.35. The average molecular weight is 467 g/mol. The number of anilines is 2. The predicted molar refractivity (Wildman–Crippen MR) is 127 cm³/mol. The van der Waals surface area contributed by atoms with Gasteiger partial charge in [-0.3, -0.25) is 9.59 Å². The Morgan fingerprint density at radius 1 is 1.15 bits per heavy atom. The van der Waals surface area contributed by atoms with Crippen LogP contribution in [-0.4, -0.2) is 67.1 Å². The van der Waals surface area contributed by atoms with Crippen molar-refractivity contribution < 1.29 is 19.1 Å². The van der Waals surface area contributed by atoms with Gasteiger partial charge in [-0.2, -0.15) is 0 Å². The Balaban J connectivity index is 1.31. The number of benzene rings is 1. The molecule has 1 aromatic carbocycles. The second-order valence-electron chi connectivity index (χ2n) is 8.75. The van der Waals surface area contributed by atoms with Gasteiger partial charge in [0.05, 0.1) is 29.6 Å². The Hall–Kier alpha value is -3.69. The number of hydrogen-bond acceptors (Lipinski definition) is 8. The number of amides is 2. The number of para-hydroxylation sites is 1. The summed E-state index contributed by atoms with van der Waals surface area (Å²) in [5.41, 5.74) is 1.77. The molecule has 10 nitrogen and oxygen atoms in total. The molecule has 0 bridgehead atoms. The van der Waals surface area contributed by atoms with Crippen LogP contribution >= 0.6 is 0 Å². The lowest BCUT2D eigenvalue weighted by atomic mass is 9.95. The van der Waals surface area contributed by atoms with Crippen molar-refractivity contribution in [3.05, 3.63) is 48.0 Å². The van der Waals surface area contributed by atoms with Crippen molar-refractivity contribution in [2.24, 2.45) is 5.92 Å². The van der Waals surface area contributed by atoms with Crippen molar-refractivity contribution in [1.29, 1.82) is 0 Å². The third-order valence-corrected chi connectivity index (χ3v) is 6.55. The number of nitrogens with one attached hydrogen (secondary N) is 3. The Morgan fingerprint density at radius 2 is 1.85 bits per heavy atom. The van der Waals surface area contributed by atoms with E-state index in [1.54, 1.807) is 6.07 Å². The topological polar surface area (TPSA) is 126 Å². The molecule has 0 unspecified atom stereocenters. The molecule has 0 spiro atoms. The minimum Gasteiger partial charge on any atom is -0.465 e. The van der Waals surface area contributed by atoms with E-state index in [-0.39, 0.29) is 17.8 Å². The molecule has 180 valence electrons. The van der Waals surface area contributed by atoms with Crippen LogP contribution < -0.4 is 20.9 Å². The highest BCUT2D eigenvalue weighted by molar-refractivity contribution is 6.00. The van der Waals surface area contributed by atoms with E-state index in [0.717, 1.165) is 37.3 Å². The van der Waals surface area contributed by atoms with Gasteiger partial charge in [-0.05, 0) is 43.7 Å². The first-order chi connectivity index (χ1) is 16.5. The molecule has 10 heteroatoms. The molecule has 1 aliphatic carbocycles. The van der Waals surface area contributed by atoms with E-state index in [1.807, 2.05) is 19.2 Å². The van der Waals surface area contributed by atoms with Crippen molar-refractivity contribution in [2.45, 2.75) is 31.2 Å². The van der Waals surface area contributed by atoms with E-state index in [2.05, 4.69) is 30.8 Å². The van der Waals surface area contributed by atoms with Gasteiger partial charge < -0.3 is 25.6 Å². The van der Waals surface area contributed by atoms with E-state index in [0.29, 0.717) is 36.4 Å². The molecule has 34 heavy (non-hydrogen) atoms. The zero-order chi connectivity index (χ0) is 24.1. The first-order valence-electron chi connectivity index (χ1n) is 11.5. The highest BCUT2D eigenvalue weighted by atomic mass is 16.5. The number of esters is 1. The van der Waals surface area contributed by atoms with Crippen LogP contribution in [-0.2, 0) is 9.53 Å². The monoisotopic (exact) mass is 466 g/mol. The van der Waals surface area contributed by atoms with Crippen LogP contribution in [0.25, 0.3) is 0 Å². The number of methoxy groups -OCH3 is 1. The fourth-order valence-corrected chi connectivity index (χ4v) is 4.37. The largest absolute Gasteiger partial charge is 0.465 e. The Labute approximate surface area is 198 Å². The quantitative estimate of drug-likeness (QED) is 0.501. The smallest absolute Gasteiger partial charge is 0.340 e. The highest BCUT2D eigenvalue weighted by Gasteiger charge is 2.51. The normalized spacial score (nSPS) is 16.9. The molecule has 1 saturated carbocycles. The van der Waals surface area contributed by atoms with E-state index in [9.17, 15) is 14.4 Å². The number of rotatable bonds is 8. The maximum atomic E-state index is 12.8. The zero-order valence-electron chi connectivity index (χ0n) is 19.5. The van der Waals surface area contributed by atoms with Gasteiger partial charge in [0.15, 0.2) is 0 Å². The van der Waals surface area contributed by atoms with E-state index in [1.165, 1.54) is 25.8 Å². The molecule has 1 aliphatic heterocycles. The Bertz CT molecular complexity index is 1050. The number of hydrogen-bond donors (Lipinski definition) is 3. The summed E-state index contributed by atoms with van der Waals surface area (Å²) >= 11 is 0. The third-order valence-electron chi connectivity index (χ3n) is 6.55. The zero-order valence-corrected chi connectivity index (χ0v) is 19.5. The molecule has 2 heterocycles. The molecular weight excluding hydrogens is 436 g/mol. The van der Waals surface area contributed by atoms with Gasteiger partial charge >= 0.3 is 5.97 Å². The van der Waals surface area contributed by atoms with Crippen molar-refractivity contribution in [3.63, 3.8) is 0 Å². The molecule has 2 aliphatic rings. The van der Waals surface area contributed by atoms with E-state index < -0.39 is 5.54 Å². The van der Waals surface area contributed by atoms with Crippen LogP contribution in [0.2, 0.25) is 0 Å². The molecule has 1 aromatic heterocycles. The standard InChI is InChI=1S/C24H30N6O4/c1-25-19-5-3-4-18(22(32)34-2)20(19)30-10-6-16(7-11-30)12-28-23(33)24(8-9-24)29-21(31)17-13-26-15-27-14-17/h3-5,13-16,25H,6-12H2,1-2H3,(H,28,33)(H,29,31). The van der Waals surface area contributed by atoms with Crippen LogP contribution in [0.5, 0.6) is 0 Å². The highest BCUT2D eigenvalue weighted by Crippen LogP contribution is 2.36. The van der Waals surface area contributed by atoms with Crippen molar-refractivity contribution in [1.82, 2.24) is 20.6 Å². The van der Waals surface area contributed by atoms with Gasteiger partial charge in [0.1, 0.15) is 11.9 Å². The second kappa shape index (κ2) is 10.1. The van der Waals surface area contributed by atoms with Crippen molar-refractivity contribution >= 4 is 29.2 Å². The van der Waals surface area contributed by atoms with Gasteiger partial charge in [-0.1, -0.05) is 6.07 Å². The average Bonchev–Trinajstić information content (AvgIpc) is 3.67. The summed E-state index contributed by atoms with van der Waals surface area (Å²) in [7, 11) is 3.22. The number of aromatic nitrogens is 2. The second-order valence-corrected chi connectivity index (χ2v) is 8.75. The Morgan fingerprint density at radius 3 is 2.47 bits per heavy atom. The first-order valence-corrected chi connectivity index (χ1v) is 11.5.